The number of benzene rings is 2. The van der Waals surface area contributed by atoms with Gasteiger partial charge in [0.2, 0.25) is 0 Å². The first-order valence-corrected chi connectivity index (χ1v) is 9.94. The summed E-state index contributed by atoms with van der Waals surface area (Å²) in [6.07, 6.45) is 5.97. The smallest absolute Gasteiger partial charge is 0.159 e. The molecule has 1 aromatic heterocycles. The van der Waals surface area contributed by atoms with Crippen LogP contribution in [-0.4, -0.2) is 17.1 Å². The van der Waals surface area contributed by atoms with Gasteiger partial charge in [0.15, 0.2) is 11.6 Å². The number of hydrogen-bond acceptors (Lipinski definition) is 3. The number of pyridine rings is 1. The first kappa shape index (κ1) is 19.1. The predicted octanol–water partition coefficient (Wildman–Crippen LogP) is 5.68. The summed E-state index contributed by atoms with van der Waals surface area (Å²) in [6.45, 7) is 0.551. The van der Waals surface area contributed by atoms with E-state index in [1.165, 1.54) is 12.1 Å². The molecule has 6 heteroatoms. The van der Waals surface area contributed by atoms with E-state index in [1.54, 1.807) is 12.3 Å². The number of nitrogens with zero attached hydrogens (tertiary/aromatic N) is 1. The van der Waals surface area contributed by atoms with Crippen molar-refractivity contribution in [1.82, 2.24) is 10.3 Å². The van der Waals surface area contributed by atoms with Crippen molar-refractivity contribution in [3.05, 3.63) is 70.9 Å². The molecule has 0 amide bonds. The monoisotopic (exact) mass is 401 g/mol. The molecule has 3 nitrogen and oxygen atoms in total. The zero-order valence-electron chi connectivity index (χ0n) is 15.4. The van der Waals surface area contributed by atoms with Crippen LogP contribution in [0.3, 0.4) is 0 Å². The topological polar surface area (TPSA) is 37.0 Å². The number of anilines is 1. The van der Waals surface area contributed by atoms with Gasteiger partial charge in [-0.1, -0.05) is 17.7 Å². The molecule has 0 atom stereocenters. The molecule has 28 heavy (non-hydrogen) atoms. The number of fused-ring (bicyclic) bond motifs is 1. The molecule has 2 N–H and O–H groups in total. The molecule has 1 heterocycles. The maximum atomic E-state index is 13.3. The standard InChI is InChI=1S/C22H22ClF2N3/c23-15-2-7-18-21(9-10-26-22(18)12-15)28-17-5-3-16(4-6-17)27-13-14-1-8-19(24)20(25)11-14/h1-2,7-12,16-17,27H,3-6,13H2,(H,26,28)/t16-,17+. The van der Waals surface area contributed by atoms with Gasteiger partial charge in [-0.3, -0.25) is 4.98 Å². The highest BCUT2D eigenvalue weighted by molar-refractivity contribution is 6.31. The van der Waals surface area contributed by atoms with Crippen molar-refractivity contribution >= 4 is 28.2 Å². The minimum absolute atomic E-state index is 0.388. The van der Waals surface area contributed by atoms with Crippen molar-refractivity contribution in [2.75, 3.05) is 5.32 Å². The number of halogens is 3. The van der Waals surface area contributed by atoms with Crippen molar-refractivity contribution in [3.8, 4) is 0 Å². The van der Waals surface area contributed by atoms with E-state index in [1.807, 2.05) is 24.3 Å². The molecule has 146 valence electrons. The first-order chi connectivity index (χ1) is 13.6. The fourth-order valence-corrected chi connectivity index (χ4v) is 3.99. The Morgan fingerprint density at radius 1 is 0.929 bits per heavy atom. The Balaban J connectivity index is 1.31. The molecule has 0 saturated heterocycles. The molecule has 1 fully saturated rings. The highest BCUT2D eigenvalue weighted by Gasteiger charge is 2.21. The van der Waals surface area contributed by atoms with Gasteiger partial charge in [-0.25, -0.2) is 8.78 Å². The third-order valence-corrected chi connectivity index (χ3v) is 5.61. The zero-order chi connectivity index (χ0) is 19.5. The van der Waals surface area contributed by atoms with Crippen LogP contribution in [0.5, 0.6) is 0 Å². The molecular weight excluding hydrogens is 380 g/mol. The molecule has 0 spiro atoms. The van der Waals surface area contributed by atoms with E-state index in [4.69, 9.17) is 11.6 Å². The second-order valence-electron chi connectivity index (χ2n) is 7.34. The third-order valence-electron chi connectivity index (χ3n) is 5.37. The van der Waals surface area contributed by atoms with Crippen LogP contribution in [0.4, 0.5) is 14.5 Å². The van der Waals surface area contributed by atoms with Crippen molar-refractivity contribution in [1.29, 1.82) is 0 Å². The Kier molecular flexibility index (Phi) is 5.74. The molecule has 0 aliphatic heterocycles. The fourth-order valence-electron chi connectivity index (χ4n) is 3.82. The molecule has 0 bridgehead atoms. The van der Waals surface area contributed by atoms with Gasteiger partial charge >= 0.3 is 0 Å². The lowest BCUT2D eigenvalue weighted by Crippen LogP contribution is -2.36. The molecule has 0 radical (unpaired) electrons. The van der Waals surface area contributed by atoms with Crippen molar-refractivity contribution in [3.63, 3.8) is 0 Å². The number of rotatable bonds is 5. The lowest BCUT2D eigenvalue weighted by molar-refractivity contribution is 0.352. The second-order valence-corrected chi connectivity index (χ2v) is 7.78. The van der Waals surface area contributed by atoms with Crippen molar-refractivity contribution in [2.24, 2.45) is 0 Å². The summed E-state index contributed by atoms with van der Waals surface area (Å²) in [5, 5.41) is 8.87. The van der Waals surface area contributed by atoms with Gasteiger partial charge < -0.3 is 10.6 Å². The molecule has 4 rings (SSSR count). The summed E-state index contributed by atoms with van der Waals surface area (Å²) in [5.41, 5.74) is 2.74. The Morgan fingerprint density at radius 2 is 1.71 bits per heavy atom. The SMILES string of the molecule is Fc1ccc(CN[C@H]2CC[C@@H](Nc3ccnc4cc(Cl)ccc34)CC2)cc1F. The van der Waals surface area contributed by atoms with E-state index in [2.05, 4.69) is 15.6 Å². The zero-order valence-corrected chi connectivity index (χ0v) is 16.1. The molecule has 1 saturated carbocycles. The van der Waals surface area contributed by atoms with Crippen molar-refractivity contribution < 1.29 is 8.78 Å². The summed E-state index contributed by atoms with van der Waals surface area (Å²) < 4.78 is 26.3. The van der Waals surface area contributed by atoms with E-state index in [-0.39, 0.29) is 0 Å². The number of hydrogen-bond donors (Lipinski definition) is 2. The Labute approximate surface area is 168 Å². The quantitative estimate of drug-likeness (QED) is 0.577. The maximum absolute atomic E-state index is 13.3. The minimum Gasteiger partial charge on any atom is -0.382 e. The summed E-state index contributed by atoms with van der Waals surface area (Å²) in [5.74, 6) is -1.60. The van der Waals surface area contributed by atoms with Gasteiger partial charge in [-0.05, 0) is 67.6 Å². The summed E-state index contributed by atoms with van der Waals surface area (Å²) >= 11 is 6.06. The largest absolute Gasteiger partial charge is 0.382 e. The van der Waals surface area contributed by atoms with Crippen LogP contribution in [0.25, 0.3) is 10.9 Å². The molecule has 3 aromatic rings. The van der Waals surface area contributed by atoms with Crippen LogP contribution in [0.15, 0.2) is 48.7 Å². The highest BCUT2D eigenvalue weighted by Crippen LogP contribution is 2.28. The van der Waals surface area contributed by atoms with Crippen LogP contribution in [0.1, 0.15) is 31.2 Å². The fraction of sp³-hybridized carbons (Fsp3) is 0.318. The Hall–Kier alpha value is -2.24. The van der Waals surface area contributed by atoms with Crippen LogP contribution in [0, 0.1) is 11.6 Å². The van der Waals surface area contributed by atoms with Gasteiger partial charge in [0.1, 0.15) is 0 Å². The first-order valence-electron chi connectivity index (χ1n) is 9.56. The summed E-state index contributed by atoms with van der Waals surface area (Å²) in [7, 11) is 0. The van der Waals surface area contributed by atoms with Gasteiger partial charge in [0, 0.05) is 40.9 Å². The Bertz CT molecular complexity index is 971. The maximum Gasteiger partial charge on any atom is 0.159 e. The van der Waals surface area contributed by atoms with E-state index < -0.39 is 11.6 Å². The van der Waals surface area contributed by atoms with Gasteiger partial charge in [0.25, 0.3) is 0 Å². The van der Waals surface area contributed by atoms with E-state index in [0.717, 1.165) is 47.8 Å². The lowest BCUT2D eigenvalue weighted by atomic mass is 9.90. The average Bonchev–Trinajstić information content (AvgIpc) is 2.70. The highest BCUT2D eigenvalue weighted by atomic mass is 35.5. The van der Waals surface area contributed by atoms with Gasteiger partial charge in [-0.15, -0.1) is 0 Å². The normalized spacial score (nSPS) is 19.7. The summed E-state index contributed by atoms with van der Waals surface area (Å²) in [6, 6.07) is 12.6. The molecule has 1 aliphatic rings. The number of nitrogens with one attached hydrogen (secondary N) is 2. The van der Waals surface area contributed by atoms with Crippen LogP contribution >= 0.6 is 11.6 Å². The molecule has 1 aliphatic carbocycles. The third kappa shape index (κ3) is 4.42. The van der Waals surface area contributed by atoms with E-state index >= 15 is 0 Å². The van der Waals surface area contributed by atoms with E-state index in [9.17, 15) is 8.78 Å². The second kappa shape index (κ2) is 8.41. The molecule has 0 unspecified atom stereocenters. The minimum atomic E-state index is -0.804. The summed E-state index contributed by atoms with van der Waals surface area (Å²) in [4.78, 5) is 4.39. The number of aromatic nitrogens is 1. The van der Waals surface area contributed by atoms with Gasteiger partial charge in [0.05, 0.1) is 5.52 Å². The molecule has 2 aromatic carbocycles. The van der Waals surface area contributed by atoms with Crippen LogP contribution in [-0.2, 0) is 6.54 Å². The van der Waals surface area contributed by atoms with Gasteiger partial charge in [-0.2, -0.15) is 0 Å². The van der Waals surface area contributed by atoms with Crippen LogP contribution in [0.2, 0.25) is 5.02 Å². The van der Waals surface area contributed by atoms with E-state index in [0.29, 0.717) is 23.7 Å². The molecular formula is C22H22ClF2N3. The Morgan fingerprint density at radius 3 is 2.50 bits per heavy atom. The lowest BCUT2D eigenvalue weighted by Gasteiger charge is -2.30. The van der Waals surface area contributed by atoms with Crippen molar-refractivity contribution in [2.45, 2.75) is 44.3 Å². The van der Waals surface area contributed by atoms with Crippen LogP contribution < -0.4 is 10.6 Å². The average molecular weight is 402 g/mol. The predicted molar refractivity (Wildman–Crippen MR) is 110 cm³/mol.